The molecule has 0 aliphatic carbocycles. The van der Waals surface area contributed by atoms with Crippen molar-refractivity contribution in [1.29, 1.82) is 0 Å². The Morgan fingerprint density at radius 3 is 2.05 bits per heavy atom. The summed E-state index contributed by atoms with van der Waals surface area (Å²) in [5.41, 5.74) is 4.81. The average Bonchev–Trinajstić information content (AvgIpc) is 2.29. The Bertz CT molecular complexity index is 377. The number of benzene rings is 1. The Labute approximate surface area is 111 Å². The van der Waals surface area contributed by atoms with Crippen molar-refractivity contribution in [2.45, 2.75) is 33.1 Å². The molecule has 19 heavy (non-hydrogen) atoms. The summed E-state index contributed by atoms with van der Waals surface area (Å²) >= 11 is 0. The van der Waals surface area contributed by atoms with Crippen LogP contribution >= 0.6 is 0 Å². The molecule has 1 aromatic rings. The van der Waals surface area contributed by atoms with Crippen molar-refractivity contribution in [3.05, 3.63) is 29.3 Å². The van der Waals surface area contributed by atoms with Gasteiger partial charge in [0, 0.05) is 24.5 Å². The monoisotopic (exact) mass is 279 g/mol. The fourth-order valence-corrected chi connectivity index (χ4v) is 1.34. The quantitative estimate of drug-likeness (QED) is 0.834. The molecular weight excluding hydrogens is 259 g/mol. The van der Waals surface area contributed by atoms with Crippen LogP contribution in [0.15, 0.2) is 18.2 Å². The van der Waals surface area contributed by atoms with Crippen LogP contribution in [0.1, 0.15) is 38.0 Å². The van der Waals surface area contributed by atoms with Crippen molar-refractivity contribution in [2.75, 3.05) is 18.9 Å². The SMILES string of the molecule is CC(O)c1ccc(C(F)(F)F)cc1N.CCOCC. The molecule has 0 spiro atoms. The molecule has 0 heterocycles. The number of hydrogen-bond donors (Lipinski definition) is 2. The number of anilines is 1. The van der Waals surface area contributed by atoms with Gasteiger partial charge in [0.1, 0.15) is 0 Å². The summed E-state index contributed by atoms with van der Waals surface area (Å²) in [6, 6.07) is 2.91. The van der Waals surface area contributed by atoms with Gasteiger partial charge in [-0.2, -0.15) is 13.2 Å². The molecule has 1 aromatic carbocycles. The predicted octanol–water partition coefficient (Wildman–Crippen LogP) is 3.38. The standard InChI is InChI=1S/C9H10F3NO.C4H10O/c1-5(14)7-3-2-6(4-8(7)13)9(10,11)12;1-3-5-4-2/h2-5,14H,13H2,1H3;3-4H2,1-2H3. The van der Waals surface area contributed by atoms with E-state index < -0.39 is 17.8 Å². The topological polar surface area (TPSA) is 55.5 Å². The molecule has 6 heteroatoms. The Hall–Kier alpha value is -1.27. The Morgan fingerprint density at radius 2 is 1.79 bits per heavy atom. The summed E-state index contributed by atoms with van der Waals surface area (Å²) in [5, 5.41) is 9.14. The van der Waals surface area contributed by atoms with Gasteiger partial charge in [-0.05, 0) is 32.9 Å². The fourth-order valence-electron chi connectivity index (χ4n) is 1.34. The Morgan fingerprint density at radius 1 is 1.26 bits per heavy atom. The number of ether oxygens (including phenoxy) is 1. The van der Waals surface area contributed by atoms with Gasteiger partial charge in [0.15, 0.2) is 0 Å². The zero-order chi connectivity index (χ0) is 15.1. The second-order valence-electron chi connectivity index (χ2n) is 3.80. The molecule has 0 bridgehead atoms. The number of alkyl halides is 3. The second-order valence-corrected chi connectivity index (χ2v) is 3.80. The zero-order valence-corrected chi connectivity index (χ0v) is 11.3. The number of nitrogen functional groups attached to an aromatic ring is 1. The van der Waals surface area contributed by atoms with Gasteiger partial charge in [-0.15, -0.1) is 0 Å². The number of hydrogen-bond acceptors (Lipinski definition) is 3. The van der Waals surface area contributed by atoms with E-state index in [0.717, 1.165) is 25.3 Å². The van der Waals surface area contributed by atoms with Gasteiger partial charge in [-0.3, -0.25) is 0 Å². The van der Waals surface area contributed by atoms with E-state index in [2.05, 4.69) is 0 Å². The molecule has 0 amide bonds. The second kappa shape index (κ2) is 8.01. The molecule has 1 unspecified atom stereocenters. The lowest BCUT2D eigenvalue weighted by atomic mass is 10.1. The normalized spacial score (nSPS) is 12.6. The summed E-state index contributed by atoms with van der Waals surface area (Å²) < 4.78 is 41.4. The number of halogens is 3. The highest BCUT2D eigenvalue weighted by Gasteiger charge is 2.30. The maximum absolute atomic E-state index is 12.2. The summed E-state index contributed by atoms with van der Waals surface area (Å²) in [7, 11) is 0. The number of aliphatic hydroxyl groups excluding tert-OH is 1. The molecule has 1 atom stereocenters. The van der Waals surface area contributed by atoms with Crippen LogP contribution in [-0.4, -0.2) is 18.3 Å². The van der Waals surface area contributed by atoms with Crippen LogP contribution in [0, 0.1) is 0 Å². The van der Waals surface area contributed by atoms with Gasteiger partial charge in [0.25, 0.3) is 0 Å². The lowest BCUT2D eigenvalue weighted by Gasteiger charge is -2.12. The summed E-state index contributed by atoms with van der Waals surface area (Å²) in [6.07, 6.45) is -5.26. The van der Waals surface area contributed by atoms with E-state index in [1.165, 1.54) is 13.0 Å². The average molecular weight is 279 g/mol. The smallest absolute Gasteiger partial charge is 0.398 e. The third-order valence-electron chi connectivity index (χ3n) is 2.27. The zero-order valence-electron chi connectivity index (χ0n) is 11.3. The van der Waals surface area contributed by atoms with Gasteiger partial charge < -0.3 is 15.6 Å². The van der Waals surface area contributed by atoms with Crippen LogP contribution in [-0.2, 0) is 10.9 Å². The van der Waals surface area contributed by atoms with E-state index >= 15 is 0 Å². The largest absolute Gasteiger partial charge is 0.416 e. The van der Waals surface area contributed by atoms with Gasteiger partial charge in [-0.25, -0.2) is 0 Å². The molecule has 0 aliphatic heterocycles. The highest BCUT2D eigenvalue weighted by atomic mass is 19.4. The Balaban J connectivity index is 0.000000555. The van der Waals surface area contributed by atoms with Crippen LogP contribution in [0.3, 0.4) is 0 Å². The minimum Gasteiger partial charge on any atom is -0.398 e. The van der Waals surface area contributed by atoms with Gasteiger partial charge in [0.2, 0.25) is 0 Å². The van der Waals surface area contributed by atoms with Crippen LogP contribution in [0.2, 0.25) is 0 Å². The van der Waals surface area contributed by atoms with E-state index in [1.807, 2.05) is 13.8 Å². The molecule has 0 saturated heterocycles. The van der Waals surface area contributed by atoms with Crippen molar-refractivity contribution < 1.29 is 23.0 Å². The van der Waals surface area contributed by atoms with E-state index in [-0.39, 0.29) is 5.69 Å². The molecular formula is C13H20F3NO2. The molecule has 1 rings (SSSR count). The molecule has 0 aliphatic rings. The molecule has 0 aromatic heterocycles. The van der Waals surface area contributed by atoms with Gasteiger partial charge in [0.05, 0.1) is 11.7 Å². The first-order valence-electron chi connectivity index (χ1n) is 5.96. The summed E-state index contributed by atoms with van der Waals surface area (Å²) in [6.45, 7) is 7.11. The lowest BCUT2D eigenvalue weighted by Crippen LogP contribution is -2.07. The first-order valence-corrected chi connectivity index (χ1v) is 5.96. The van der Waals surface area contributed by atoms with E-state index in [1.54, 1.807) is 0 Å². The third-order valence-corrected chi connectivity index (χ3v) is 2.27. The molecule has 0 saturated carbocycles. The van der Waals surface area contributed by atoms with Crippen LogP contribution in [0.25, 0.3) is 0 Å². The molecule has 3 nitrogen and oxygen atoms in total. The first kappa shape index (κ1) is 17.7. The molecule has 0 radical (unpaired) electrons. The lowest BCUT2D eigenvalue weighted by molar-refractivity contribution is -0.137. The van der Waals surface area contributed by atoms with Gasteiger partial charge >= 0.3 is 6.18 Å². The van der Waals surface area contributed by atoms with Crippen molar-refractivity contribution in [2.24, 2.45) is 0 Å². The minimum absolute atomic E-state index is 0.0465. The van der Waals surface area contributed by atoms with Gasteiger partial charge in [-0.1, -0.05) is 6.07 Å². The fraction of sp³-hybridized carbons (Fsp3) is 0.538. The van der Waals surface area contributed by atoms with Crippen LogP contribution in [0.5, 0.6) is 0 Å². The van der Waals surface area contributed by atoms with Crippen molar-refractivity contribution in [3.63, 3.8) is 0 Å². The molecule has 3 N–H and O–H groups in total. The van der Waals surface area contributed by atoms with E-state index in [0.29, 0.717) is 5.56 Å². The summed E-state index contributed by atoms with van der Waals surface area (Å²) in [5.74, 6) is 0. The number of rotatable bonds is 3. The molecule has 110 valence electrons. The third kappa shape index (κ3) is 6.45. The maximum atomic E-state index is 12.2. The number of aliphatic hydroxyl groups is 1. The van der Waals surface area contributed by atoms with Crippen molar-refractivity contribution in [3.8, 4) is 0 Å². The van der Waals surface area contributed by atoms with Crippen LogP contribution in [0.4, 0.5) is 18.9 Å². The van der Waals surface area contributed by atoms with Crippen LogP contribution < -0.4 is 5.73 Å². The minimum atomic E-state index is -4.40. The Kier molecular flexibility index (Phi) is 7.48. The van der Waals surface area contributed by atoms with Crippen molar-refractivity contribution in [1.82, 2.24) is 0 Å². The van der Waals surface area contributed by atoms with E-state index in [4.69, 9.17) is 15.6 Å². The number of nitrogens with two attached hydrogens (primary N) is 1. The maximum Gasteiger partial charge on any atom is 0.416 e. The molecule has 0 fully saturated rings. The van der Waals surface area contributed by atoms with Crippen molar-refractivity contribution >= 4 is 5.69 Å². The highest BCUT2D eigenvalue weighted by Crippen LogP contribution is 2.32. The summed E-state index contributed by atoms with van der Waals surface area (Å²) in [4.78, 5) is 0. The highest BCUT2D eigenvalue weighted by molar-refractivity contribution is 5.50. The predicted molar refractivity (Wildman–Crippen MR) is 68.7 cm³/mol. The first-order chi connectivity index (χ1) is 8.73. The van der Waals surface area contributed by atoms with E-state index in [9.17, 15) is 13.2 Å².